The van der Waals surface area contributed by atoms with Gasteiger partial charge in [-0.05, 0) is 51.8 Å². The zero-order chi connectivity index (χ0) is 15.6. The lowest BCUT2D eigenvalue weighted by atomic mass is 10.2. The summed E-state index contributed by atoms with van der Waals surface area (Å²) in [6, 6.07) is 9.76. The van der Waals surface area contributed by atoms with Crippen LogP contribution in [0.2, 0.25) is 10.0 Å². The highest BCUT2D eigenvalue weighted by Crippen LogP contribution is 2.27. The largest absolute Gasteiger partial charge is 0.380 e. The van der Waals surface area contributed by atoms with Crippen molar-refractivity contribution in [3.8, 4) is 0 Å². The van der Waals surface area contributed by atoms with Crippen molar-refractivity contribution in [3.05, 3.63) is 56.5 Å². The van der Waals surface area contributed by atoms with Crippen LogP contribution in [0.25, 0.3) is 0 Å². The van der Waals surface area contributed by atoms with E-state index in [0.717, 1.165) is 11.3 Å². The van der Waals surface area contributed by atoms with Crippen molar-refractivity contribution in [2.75, 3.05) is 5.32 Å². The van der Waals surface area contributed by atoms with Crippen molar-refractivity contribution in [1.29, 1.82) is 0 Å². The Labute approximate surface area is 141 Å². The molecule has 0 bridgehead atoms. The number of nitrogens with one attached hydrogen (secondary N) is 1. The summed E-state index contributed by atoms with van der Waals surface area (Å²) < 4.78 is 23.1. The Morgan fingerprint density at radius 3 is 2.43 bits per heavy atom. The van der Waals surface area contributed by atoms with Gasteiger partial charge in [0.05, 0.1) is 4.90 Å². The number of primary sulfonamides is 1. The molecular formula is C13H11BrCl2N2O2S. The number of hydrogen-bond acceptors (Lipinski definition) is 3. The highest BCUT2D eigenvalue weighted by Gasteiger charge is 2.10. The zero-order valence-corrected chi connectivity index (χ0v) is 14.5. The van der Waals surface area contributed by atoms with E-state index >= 15 is 0 Å². The average Bonchev–Trinajstić information content (AvgIpc) is 2.38. The molecule has 0 aliphatic carbocycles. The highest BCUT2D eigenvalue weighted by atomic mass is 79.9. The summed E-state index contributed by atoms with van der Waals surface area (Å²) in [6.45, 7) is 0.476. The lowest BCUT2D eigenvalue weighted by Crippen LogP contribution is -2.12. The normalized spacial score (nSPS) is 11.4. The topological polar surface area (TPSA) is 72.2 Å². The molecule has 0 heterocycles. The van der Waals surface area contributed by atoms with E-state index in [9.17, 15) is 8.42 Å². The quantitative estimate of drug-likeness (QED) is 0.800. The minimum Gasteiger partial charge on any atom is -0.380 e. The average molecular weight is 410 g/mol. The summed E-state index contributed by atoms with van der Waals surface area (Å²) in [6.07, 6.45) is 0. The highest BCUT2D eigenvalue weighted by molar-refractivity contribution is 9.10. The predicted molar refractivity (Wildman–Crippen MR) is 89.3 cm³/mol. The molecule has 0 saturated carbocycles. The summed E-state index contributed by atoms with van der Waals surface area (Å²) in [5.41, 5.74) is 1.61. The zero-order valence-electron chi connectivity index (χ0n) is 10.6. The fraction of sp³-hybridized carbons (Fsp3) is 0.0769. The van der Waals surface area contributed by atoms with Gasteiger partial charge in [0.2, 0.25) is 10.0 Å². The number of nitrogens with two attached hydrogens (primary N) is 1. The molecule has 4 nitrogen and oxygen atoms in total. The predicted octanol–water partition coefficient (Wildman–Crippen LogP) is 4.02. The van der Waals surface area contributed by atoms with Crippen molar-refractivity contribution in [3.63, 3.8) is 0 Å². The van der Waals surface area contributed by atoms with E-state index in [1.165, 1.54) is 12.1 Å². The Hall–Kier alpha value is -0.790. The summed E-state index contributed by atoms with van der Waals surface area (Å²) >= 11 is 15.2. The van der Waals surface area contributed by atoms with Gasteiger partial charge < -0.3 is 5.32 Å². The van der Waals surface area contributed by atoms with Gasteiger partial charge in [0.1, 0.15) is 0 Å². The Kier molecular flexibility index (Phi) is 5.16. The number of halogens is 3. The molecule has 0 aliphatic heterocycles. The number of sulfonamides is 1. The van der Waals surface area contributed by atoms with Crippen LogP contribution in [0.3, 0.4) is 0 Å². The molecular weight excluding hydrogens is 399 g/mol. The molecule has 21 heavy (non-hydrogen) atoms. The van der Waals surface area contributed by atoms with Crippen LogP contribution < -0.4 is 10.5 Å². The Morgan fingerprint density at radius 1 is 1.14 bits per heavy atom. The number of hydrogen-bond donors (Lipinski definition) is 2. The van der Waals surface area contributed by atoms with E-state index in [1.807, 2.05) is 6.07 Å². The van der Waals surface area contributed by atoms with Crippen LogP contribution >= 0.6 is 39.1 Å². The van der Waals surface area contributed by atoms with E-state index < -0.39 is 10.0 Å². The summed E-state index contributed by atoms with van der Waals surface area (Å²) in [7, 11) is -3.71. The third kappa shape index (κ3) is 4.34. The number of benzene rings is 2. The van der Waals surface area contributed by atoms with E-state index in [-0.39, 0.29) is 4.90 Å². The van der Waals surface area contributed by atoms with E-state index in [0.29, 0.717) is 21.1 Å². The van der Waals surface area contributed by atoms with Crippen LogP contribution in [0, 0.1) is 0 Å². The summed E-state index contributed by atoms with van der Waals surface area (Å²) in [5.74, 6) is 0. The third-order valence-corrected chi connectivity index (χ3v) is 4.91. The number of rotatable bonds is 4. The lowest BCUT2D eigenvalue weighted by molar-refractivity contribution is 0.598. The van der Waals surface area contributed by atoms with Crippen molar-refractivity contribution in [2.45, 2.75) is 11.4 Å². The van der Waals surface area contributed by atoms with Gasteiger partial charge in [0.25, 0.3) is 0 Å². The van der Waals surface area contributed by atoms with Crippen molar-refractivity contribution in [1.82, 2.24) is 0 Å². The van der Waals surface area contributed by atoms with Crippen LogP contribution in [-0.4, -0.2) is 8.42 Å². The molecule has 2 rings (SSSR count). The van der Waals surface area contributed by atoms with Gasteiger partial charge in [-0.25, -0.2) is 13.6 Å². The van der Waals surface area contributed by atoms with Gasteiger partial charge >= 0.3 is 0 Å². The van der Waals surface area contributed by atoms with E-state index in [2.05, 4.69) is 21.2 Å². The standard InChI is InChI=1S/C13H11BrCl2N2O2S/c14-11-6-10(21(17,19)20)3-4-13(11)18-7-8-1-2-9(15)5-12(8)16/h1-6,18H,7H2,(H2,17,19,20). The van der Waals surface area contributed by atoms with Gasteiger partial charge in [-0.15, -0.1) is 0 Å². The van der Waals surface area contributed by atoms with Gasteiger partial charge in [-0.1, -0.05) is 29.3 Å². The molecule has 0 spiro atoms. The molecule has 2 aromatic rings. The SMILES string of the molecule is NS(=O)(=O)c1ccc(NCc2ccc(Cl)cc2Cl)c(Br)c1. The molecule has 8 heteroatoms. The van der Waals surface area contributed by atoms with E-state index in [1.54, 1.807) is 18.2 Å². The summed E-state index contributed by atoms with van der Waals surface area (Å²) in [5, 5.41) is 9.37. The summed E-state index contributed by atoms with van der Waals surface area (Å²) in [4.78, 5) is 0.0458. The second-order valence-corrected chi connectivity index (χ2v) is 7.54. The minimum absolute atomic E-state index is 0.0458. The molecule has 0 unspecified atom stereocenters. The molecule has 112 valence electrons. The molecule has 3 N–H and O–H groups in total. The minimum atomic E-state index is -3.71. The van der Waals surface area contributed by atoms with Crippen LogP contribution in [0.15, 0.2) is 45.8 Å². The van der Waals surface area contributed by atoms with E-state index in [4.69, 9.17) is 28.3 Å². The molecule has 0 atom stereocenters. The first-order chi connectivity index (χ1) is 9.77. The Balaban J connectivity index is 2.17. The Bertz CT molecular complexity index is 782. The molecule has 0 aromatic heterocycles. The van der Waals surface area contributed by atoms with Gasteiger partial charge in [-0.2, -0.15) is 0 Å². The fourth-order valence-corrected chi connectivity index (χ4v) is 3.36. The van der Waals surface area contributed by atoms with Crippen LogP contribution in [-0.2, 0) is 16.6 Å². The third-order valence-electron chi connectivity index (χ3n) is 2.75. The first-order valence-electron chi connectivity index (χ1n) is 5.77. The molecule has 0 aliphatic rings. The first-order valence-corrected chi connectivity index (χ1v) is 8.87. The maximum atomic E-state index is 11.3. The maximum Gasteiger partial charge on any atom is 0.238 e. The first kappa shape index (κ1) is 16.6. The van der Waals surface area contributed by atoms with Gasteiger partial charge in [0, 0.05) is 26.8 Å². The van der Waals surface area contributed by atoms with Crippen molar-refractivity contribution < 1.29 is 8.42 Å². The van der Waals surface area contributed by atoms with Crippen LogP contribution in [0.4, 0.5) is 5.69 Å². The van der Waals surface area contributed by atoms with Crippen molar-refractivity contribution in [2.24, 2.45) is 5.14 Å². The fourth-order valence-electron chi connectivity index (χ4n) is 1.67. The van der Waals surface area contributed by atoms with Gasteiger partial charge in [-0.3, -0.25) is 0 Å². The molecule has 0 amide bonds. The second kappa shape index (κ2) is 6.54. The maximum absolute atomic E-state index is 11.3. The van der Waals surface area contributed by atoms with Crippen molar-refractivity contribution >= 4 is 54.8 Å². The molecule has 0 radical (unpaired) electrons. The monoisotopic (exact) mass is 408 g/mol. The molecule has 0 saturated heterocycles. The number of anilines is 1. The lowest BCUT2D eigenvalue weighted by Gasteiger charge is -2.11. The van der Waals surface area contributed by atoms with Crippen LogP contribution in [0.5, 0.6) is 0 Å². The molecule has 2 aromatic carbocycles. The smallest absolute Gasteiger partial charge is 0.238 e. The van der Waals surface area contributed by atoms with Gasteiger partial charge in [0.15, 0.2) is 0 Å². The Morgan fingerprint density at radius 2 is 1.86 bits per heavy atom. The second-order valence-electron chi connectivity index (χ2n) is 4.28. The molecule has 0 fully saturated rings. The van der Waals surface area contributed by atoms with Crippen LogP contribution in [0.1, 0.15) is 5.56 Å².